The zero-order valence-corrected chi connectivity index (χ0v) is 18.3. The first-order chi connectivity index (χ1) is 14.8. The van der Waals surface area contributed by atoms with E-state index in [1.807, 2.05) is 19.9 Å². The van der Waals surface area contributed by atoms with Crippen molar-refractivity contribution in [2.75, 3.05) is 13.4 Å². The summed E-state index contributed by atoms with van der Waals surface area (Å²) in [6.45, 7) is 7.02. The average Bonchev–Trinajstić information content (AvgIpc) is 3.31. The van der Waals surface area contributed by atoms with Crippen molar-refractivity contribution in [3.05, 3.63) is 50.4 Å². The molecule has 162 valence electrons. The zero-order valence-electron chi connectivity index (χ0n) is 17.5. The minimum Gasteiger partial charge on any atom is -0.454 e. The molecule has 1 N–H and O–H groups in total. The molecule has 0 unspecified atom stereocenters. The van der Waals surface area contributed by atoms with Crippen LogP contribution in [0.15, 0.2) is 28.1 Å². The summed E-state index contributed by atoms with van der Waals surface area (Å²) >= 11 is 1.43. The maximum atomic E-state index is 12.4. The molecule has 0 bridgehead atoms. The van der Waals surface area contributed by atoms with Crippen LogP contribution in [0.5, 0.6) is 11.5 Å². The summed E-state index contributed by atoms with van der Waals surface area (Å²) in [7, 11) is 0. The Morgan fingerprint density at radius 3 is 2.90 bits per heavy atom. The maximum Gasteiger partial charge on any atom is 0.347 e. The molecule has 9 nitrogen and oxygen atoms in total. The molecule has 3 aromatic rings. The summed E-state index contributed by atoms with van der Waals surface area (Å²) < 4.78 is 15.9. The van der Waals surface area contributed by atoms with Gasteiger partial charge < -0.3 is 24.0 Å². The van der Waals surface area contributed by atoms with Crippen molar-refractivity contribution in [2.45, 2.75) is 33.8 Å². The van der Waals surface area contributed by atoms with Gasteiger partial charge in [0.15, 0.2) is 23.4 Å². The van der Waals surface area contributed by atoms with E-state index in [-0.39, 0.29) is 24.8 Å². The third-order valence-corrected chi connectivity index (χ3v) is 6.03. The van der Waals surface area contributed by atoms with Crippen molar-refractivity contribution in [1.29, 1.82) is 0 Å². The van der Waals surface area contributed by atoms with Crippen molar-refractivity contribution in [1.82, 2.24) is 9.97 Å². The van der Waals surface area contributed by atoms with Gasteiger partial charge in [0.05, 0.1) is 11.1 Å². The lowest BCUT2D eigenvalue weighted by Gasteiger charge is -2.12. The van der Waals surface area contributed by atoms with E-state index in [0.29, 0.717) is 27.4 Å². The van der Waals surface area contributed by atoms with Crippen LogP contribution < -0.4 is 15.0 Å². The summed E-state index contributed by atoms with van der Waals surface area (Å²) in [5.74, 6) is 0.964. The van der Waals surface area contributed by atoms with E-state index in [4.69, 9.17) is 19.0 Å². The summed E-state index contributed by atoms with van der Waals surface area (Å²) in [5.41, 5.74) is 2.01. The van der Waals surface area contributed by atoms with Crippen LogP contribution in [0.25, 0.3) is 10.2 Å². The molecular formula is C21H21N3O6S. The highest BCUT2D eigenvalue weighted by molar-refractivity contribution is 7.18. The first-order valence-electron chi connectivity index (χ1n) is 9.59. The number of rotatable bonds is 6. The average molecular weight is 443 g/mol. The van der Waals surface area contributed by atoms with Crippen LogP contribution in [-0.2, 0) is 14.4 Å². The molecule has 10 heteroatoms. The molecule has 0 fully saturated rings. The number of nitrogens with one attached hydrogen (secondary N) is 1. The minimum absolute atomic E-state index is 0.189. The Bertz CT molecular complexity index is 1250. The van der Waals surface area contributed by atoms with Crippen LogP contribution in [-0.4, -0.2) is 35.0 Å². The number of aryl methyl sites for hydroxylation is 2. The van der Waals surface area contributed by atoms with Crippen molar-refractivity contribution in [2.24, 2.45) is 5.16 Å². The number of nitrogens with zero attached hydrogens (tertiary/aromatic N) is 2. The number of H-pyrrole nitrogens is 1. The topological polar surface area (TPSA) is 112 Å². The molecule has 1 atom stereocenters. The number of hydrogen-bond donors (Lipinski definition) is 1. The molecule has 4 rings (SSSR count). The molecule has 0 saturated carbocycles. The molecular weight excluding hydrogens is 422 g/mol. The van der Waals surface area contributed by atoms with Gasteiger partial charge in [-0.1, -0.05) is 5.16 Å². The molecule has 1 aliphatic rings. The zero-order chi connectivity index (χ0) is 22.1. The number of hydrogen-bond acceptors (Lipinski definition) is 9. The van der Waals surface area contributed by atoms with Crippen LogP contribution in [0.2, 0.25) is 0 Å². The predicted octanol–water partition coefficient (Wildman–Crippen LogP) is 3.38. The number of ether oxygens (including phenoxy) is 3. The number of benzene rings is 1. The predicted molar refractivity (Wildman–Crippen MR) is 115 cm³/mol. The monoisotopic (exact) mass is 443 g/mol. The Kier molecular flexibility index (Phi) is 5.64. The van der Waals surface area contributed by atoms with Crippen LogP contribution in [0.4, 0.5) is 0 Å². The lowest BCUT2D eigenvalue weighted by Crippen LogP contribution is -2.19. The van der Waals surface area contributed by atoms with Crippen molar-refractivity contribution in [3.8, 4) is 11.5 Å². The summed E-state index contributed by atoms with van der Waals surface area (Å²) in [6.07, 6.45) is -0.741. The van der Waals surface area contributed by atoms with E-state index in [1.54, 1.807) is 26.0 Å². The number of esters is 1. The smallest absolute Gasteiger partial charge is 0.347 e. The number of carbonyl (C=O) groups is 1. The largest absolute Gasteiger partial charge is 0.454 e. The van der Waals surface area contributed by atoms with Gasteiger partial charge in [0.2, 0.25) is 13.4 Å². The highest BCUT2D eigenvalue weighted by Gasteiger charge is 2.19. The first-order valence-corrected chi connectivity index (χ1v) is 10.4. The van der Waals surface area contributed by atoms with E-state index >= 15 is 0 Å². The fourth-order valence-electron chi connectivity index (χ4n) is 3.11. The molecule has 0 saturated heterocycles. The molecule has 0 spiro atoms. The van der Waals surface area contributed by atoms with Gasteiger partial charge in [0, 0.05) is 10.4 Å². The van der Waals surface area contributed by atoms with Crippen LogP contribution in [0.1, 0.15) is 41.8 Å². The van der Waals surface area contributed by atoms with E-state index in [9.17, 15) is 9.59 Å². The van der Waals surface area contributed by atoms with Gasteiger partial charge in [-0.2, -0.15) is 0 Å². The molecule has 1 aliphatic heterocycles. The number of oxime groups is 1. The quantitative estimate of drug-likeness (QED) is 0.353. The van der Waals surface area contributed by atoms with Gasteiger partial charge >= 0.3 is 5.97 Å². The molecule has 0 radical (unpaired) electrons. The third kappa shape index (κ3) is 4.24. The molecule has 3 heterocycles. The Morgan fingerprint density at radius 1 is 1.32 bits per heavy atom. The van der Waals surface area contributed by atoms with Crippen molar-refractivity contribution < 1.29 is 23.8 Å². The Hall–Kier alpha value is -3.40. The first kappa shape index (κ1) is 20.9. The number of aromatic amines is 1. The number of aromatic nitrogens is 2. The molecule has 31 heavy (non-hydrogen) atoms. The molecule has 0 aliphatic carbocycles. The van der Waals surface area contributed by atoms with Gasteiger partial charge in [0.1, 0.15) is 4.83 Å². The second-order valence-electron chi connectivity index (χ2n) is 7.06. The Balaban J connectivity index is 1.37. The highest BCUT2D eigenvalue weighted by Crippen LogP contribution is 2.32. The number of carbonyl (C=O) groups excluding carboxylic acids is 1. The van der Waals surface area contributed by atoms with Gasteiger partial charge in [0.25, 0.3) is 5.56 Å². The van der Waals surface area contributed by atoms with Crippen LogP contribution in [0.3, 0.4) is 0 Å². The normalized spacial score (nSPS) is 14.0. The third-order valence-electron chi connectivity index (χ3n) is 4.92. The summed E-state index contributed by atoms with van der Waals surface area (Å²) in [6, 6.07) is 5.40. The standard InChI is InChI=1S/C21H21N3O6S/c1-10-13(4)31-21-18(10)20(26)22-19(23-21)12(3)30-17(25)8-29-24-11(2)14-5-6-15-16(7-14)28-9-27-15/h5-7,12H,8-9H2,1-4H3,(H,22,23,26)/b24-11-/t12-/m1/s1. The SMILES string of the molecule is C/C(=N/OCC(=O)O[C@H](C)c1nc2sc(C)c(C)c2c(=O)[nH]1)c1ccc2c(c1)OCO2. The van der Waals surface area contributed by atoms with Gasteiger partial charge in [-0.25, -0.2) is 9.78 Å². The van der Waals surface area contributed by atoms with Gasteiger partial charge in [-0.05, 0) is 51.5 Å². The van der Waals surface area contributed by atoms with Crippen molar-refractivity contribution in [3.63, 3.8) is 0 Å². The van der Waals surface area contributed by atoms with Gasteiger partial charge in [-0.3, -0.25) is 4.79 Å². The van der Waals surface area contributed by atoms with E-state index in [1.165, 1.54) is 11.3 Å². The van der Waals surface area contributed by atoms with E-state index < -0.39 is 12.1 Å². The number of fused-ring (bicyclic) bond motifs is 2. The lowest BCUT2D eigenvalue weighted by molar-refractivity contribution is -0.154. The summed E-state index contributed by atoms with van der Waals surface area (Å²) in [5, 5.41) is 4.53. The van der Waals surface area contributed by atoms with E-state index in [2.05, 4.69) is 15.1 Å². The maximum absolute atomic E-state index is 12.4. The lowest BCUT2D eigenvalue weighted by atomic mass is 10.1. The van der Waals surface area contributed by atoms with Crippen LogP contribution in [0, 0.1) is 13.8 Å². The fraction of sp³-hybridized carbons (Fsp3) is 0.333. The Labute approximate surface area is 181 Å². The number of thiophene rings is 1. The highest BCUT2D eigenvalue weighted by atomic mass is 32.1. The molecule has 2 aromatic heterocycles. The van der Waals surface area contributed by atoms with Gasteiger partial charge in [-0.15, -0.1) is 11.3 Å². The van der Waals surface area contributed by atoms with E-state index in [0.717, 1.165) is 16.0 Å². The molecule has 1 aromatic carbocycles. The second kappa shape index (κ2) is 8.38. The van der Waals surface area contributed by atoms with Crippen LogP contribution >= 0.6 is 11.3 Å². The molecule has 0 amide bonds. The fourth-order valence-corrected chi connectivity index (χ4v) is 4.14. The minimum atomic E-state index is -0.741. The van der Waals surface area contributed by atoms with Crippen molar-refractivity contribution >= 4 is 33.2 Å². The second-order valence-corrected chi connectivity index (χ2v) is 8.27. The Morgan fingerprint density at radius 2 is 2.10 bits per heavy atom. The summed E-state index contributed by atoms with van der Waals surface area (Å²) in [4.78, 5) is 38.4.